The number of rotatable bonds is 2. The predicted molar refractivity (Wildman–Crippen MR) is 104 cm³/mol. The highest BCUT2D eigenvalue weighted by atomic mass is 35.5. The average molecular weight is 372 g/mol. The van der Waals surface area contributed by atoms with Gasteiger partial charge in [-0.25, -0.2) is 0 Å². The van der Waals surface area contributed by atoms with E-state index in [2.05, 4.69) is 35.7 Å². The van der Waals surface area contributed by atoms with Crippen molar-refractivity contribution in [1.82, 2.24) is 5.32 Å². The number of allylic oxidation sites excluding steroid dienone is 2. The third kappa shape index (κ3) is 2.91. The van der Waals surface area contributed by atoms with Crippen LogP contribution in [0, 0.1) is 11.3 Å². The Labute approximate surface area is 160 Å². The van der Waals surface area contributed by atoms with Crippen molar-refractivity contribution in [3.63, 3.8) is 0 Å². The SMILES string of the molecule is COC(=O)C1NC(c2ccc(Cl)cc2)C2C=CC=C2C12CCCCCC2. The number of hydrogen-bond acceptors (Lipinski definition) is 3. The zero-order valence-electron chi connectivity index (χ0n) is 15.2. The van der Waals surface area contributed by atoms with Crippen molar-refractivity contribution >= 4 is 17.6 Å². The molecule has 0 aromatic heterocycles. The summed E-state index contributed by atoms with van der Waals surface area (Å²) in [6.45, 7) is 0. The fourth-order valence-electron chi connectivity index (χ4n) is 5.21. The molecule has 2 fully saturated rings. The molecular formula is C22H26ClNO2. The molecule has 3 aliphatic rings. The summed E-state index contributed by atoms with van der Waals surface area (Å²) in [5.74, 6) is 0.146. The lowest BCUT2D eigenvalue weighted by molar-refractivity contribution is -0.148. The molecule has 4 rings (SSSR count). The van der Waals surface area contributed by atoms with Crippen molar-refractivity contribution in [3.05, 3.63) is 58.7 Å². The highest BCUT2D eigenvalue weighted by molar-refractivity contribution is 6.30. The first-order valence-electron chi connectivity index (χ1n) is 9.64. The Hall–Kier alpha value is -1.58. The van der Waals surface area contributed by atoms with E-state index in [4.69, 9.17) is 16.3 Å². The van der Waals surface area contributed by atoms with E-state index in [1.807, 2.05) is 12.1 Å². The van der Waals surface area contributed by atoms with Crippen molar-refractivity contribution < 1.29 is 9.53 Å². The van der Waals surface area contributed by atoms with Gasteiger partial charge < -0.3 is 4.74 Å². The van der Waals surface area contributed by atoms with Gasteiger partial charge in [0.25, 0.3) is 0 Å². The monoisotopic (exact) mass is 371 g/mol. The second-order valence-electron chi connectivity index (χ2n) is 7.76. The molecule has 0 amide bonds. The first kappa shape index (κ1) is 17.8. The molecule has 138 valence electrons. The van der Waals surface area contributed by atoms with Crippen LogP contribution in [0.5, 0.6) is 0 Å². The molecule has 1 heterocycles. The summed E-state index contributed by atoms with van der Waals surface area (Å²) in [6, 6.07) is 7.73. The van der Waals surface area contributed by atoms with Crippen LogP contribution in [-0.4, -0.2) is 19.1 Å². The zero-order valence-corrected chi connectivity index (χ0v) is 16.0. The minimum atomic E-state index is -0.298. The van der Waals surface area contributed by atoms with Crippen LogP contribution >= 0.6 is 11.6 Å². The van der Waals surface area contributed by atoms with Gasteiger partial charge in [-0.3, -0.25) is 10.1 Å². The molecule has 1 aromatic rings. The van der Waals surface area contributed by atoms with Crippen LogP contribution in [0.2, 0.25) is 5.02 Å². The number of carbonyl (C=O) groups excluding carboxylic acids is 1. The smallest absolute Gasteiger partial charge is 0.323 e. The second kappa shape index (κ2) is 7.21. The molecule has 2 aliphatic carbocycles. The molecule has 3 unspecified atom stereocenters. The van der Waals surface area contributed by atoms with Gasteiger partial charge in [-0.05, 0) is 30.5 Å². The lowest BCUT2D eigenvalue weighted by atomic mass is 9.61. The number of fused-ring (bicyclic) bond motifs is 2. The lowest BCUT2D eigenvalue weighted by Crippen LogP contribution is -2.59. The summed E-state index contributed by atoms with van der Waals surface area (Å²) in [5, 5.41) is 4.42. The van der Waals surface area contributed by atoms with Crippen molar-refractivity contribution in [2.45, 2.75) is 50.6 Å². The van der Waals surface area contributed by atoms with Crippen LogP contribution < -0.4 is 5.32 Å². The van der Waals surface area contributed by atoms with Gasteiger partial charge in [-0.15, -0.1) is 0 Å². The fraction of sp³-hybridized carbons (Fsp3) is 0.500. The quantitative estimate of drug-likeness (QED) is 0.745. The summed E-state index contributed by atoms with van der Waals surface area (Å²) >= 11 is 6.08. The molecular weight excluding hydrogens is 346 g/mol. The number of benzene rings is 1. The molecule has 1 saturated carbocycles. The Morgan fingerprint density at radius 2 is 1.85 bits per heavy atom. The number of methoxy groups -OCH3 is 1. The van der Waals surface area contributed by atoms with E-state index in [1.54, 1.807) is 0 Å². The van der Waals surface area contributed by atoms with Crippen molar-refractivity contribution in [1.29, 1.82) is 0 Å². The van der Waals surface area contributed by atoms with E-state index in [-0.39, 0.29) is 29.4 Å². The number of halogens is 1. The normalized spacial score (nSPS) is 29.8. The van der Waals surface area contributed by atoms with Gasteiger partial charge >= 0.3 is 5.97 Å². The maximum atomic E-state index is 12.8. The van der Waals surface area contributed by atoms with Crippen LogP contribution in [0.15, 0.2) is 48.1 Å². The highest BCUT2D eigenvalue weighted by Gasteiger charge is 2.54. The van der Waals surface area contributed by atoms with E-state index < -0.39 is 0 Å². The lowest BCUT2D eigenvalue weighted by Gasteiger charge is -2.50. The molecule has 3 atom stereocenters. The number of ether oxygens (including phenoxy) is 1. The van der Waals surface area contributed by atoms with E-state index in [0.717, 1.165) is 23.4 Å². The fourth-order valence-corrected chi connectivity index (χ4v) is 5.34. The molecule has 1 spiro atoms. The van der Waals surface area contributed by atoms with Crippen molar-refractivity contribution in [3.8, 4) is 0 Å². The molecule has 0 radical (unpaired) electrons. The van der Waals surface area contributed by atoms with Gasteiger partial charge in [-0.1, -0.05) is 73.2 Å². The van der Waals surface area contributed by atoms with E-state index in [1.165, 1.54) is 38.4 Å². The summed E-state index contributed by atoms with van der Waals surface area (Å²) < 4.78 is 5.24. The maximum absolute atomic E-state index is 12.8. The van der Waals surface area contributed by atoms with Crippen LogP contribution in [0.1, 0.15) is 50.1 Å². The van der Waals surface area contributed by atoms with Gasteiger partial charge in [0.05, 0.1) is 7.11 Å². The summed E-state index contributed by atoms with van der Waals surface area (Å²) in [7, 11) is 1.50. The van der Waals surface area contributed by atoms with Crippen molar-refractivity contribution in [2.24, 2.45) is 11.3 Å². The third-order valence-electron chi connectivity index (χ3n) is 6.45. The second-order valence-corrected chi connectivity index (χ2v) is 8.19. The minimum absolute atomic E-state index is 0.0650. The molecule has 0 bridgehead atoms. The molecule has 1 aromatic carbocycles. The Morgan fingerprint density at radius 1 is 1.15 bits per heavy atom. The minimum Gasteiger partial charge on any atom is -0.468 e. The summed E-state index contributed by atoms with van der Waals surface area (Å²) in [4.78, 5) is 12.8. The van der Waals surface area contributed by atoms with E-state index in [0.29, 0.717) is 0 Å². The number of nitrogens with one attached hydrogen (secondary N) is 1. The topological polar surface area (TPSA) is 38.3 Å². The Kier molecular flexibility index (Phi) is 4.94. The molecule has 3 nitrogen and oxygen atoms in total. The molecule has 1 saturated heterocycles. The number of hydrogen-bond donors (Lipinski definition) is 1. The van der Waals surface area contributed by atoms with Crippen LogP contribution in [0.3, 0.4) is 0 Å². The number of carbonyl (C=O) groups is 1. The number of esters is 1. The van der Waals surface area contributed by atoms with Gasteiger partial charge in [0.1, 0.15) is 6.04 Å². The van der Waals surface area contributed by atoms with E-state index >= 15 is 0 Å². The summed E-state index contributed by atoms with van der Waals surface area (Å²) in [5.41, 5.74) is 2.45. The Bertz CT molecular complexity index is 729. The standard InChI is InChI=1S/C22H26ClNO2/c1-26-21(25)20-22(13-4-2-3-5-14-22)18-8-6-7-17(18)19(24-20)15-9-11-16(23)12-10-15/h6-12,17,19-20,24H,2-5,13-14H2,1H3. The molecule has 1 N–H and O–H groups in total. The Balaban J connectivity index is 1.76. The molecule has 1 aliphatic heterocycles. The first-order chi connectivity index (χ1) is 12.7. The van der Waals surface area contributed by atoms with E-state index in [9.17, 15) is 4.79 Å². The molecule has 26 heavy (non-hydrogen) atoms. The Morgan fingerprint density at radius 3 is 2.50 bits per heavy atom. The van der Waals surface area contributed by atoms with Gasteiger partial charge in [0, 0.05) is 22.4 Å². The largest absolute Gasteiger partial charge is 0.468 e. The average Bonchev–Trinajstić information content (AvgIpc) is 3.04. The molecule has 4 heteroatoms. The van der Waals surface area contributed by atoms with Gasteiger partial charge in [-0.2, -0.15) is 0 Å². The third-order valence-corrected chi connectivity index (χ3v) is 6.70. The number of piperidine rings is 1. The van der Waals surface area contributed by atoms with Crippen molar-refractivity contribution in [2.75, 3.05) is 7.11 Å². The highest BCUT2D eigenvalue weighted by Crippen LogP contribution is 2.55. The maximum Gasteiger partial charge on any atom is 0.323 e. The van der Waals surface area contributed by atoms with Gasteiger partial charge in [0.2, 0.25) is 0 Å². The predicted octanol–water partition coefficient (Wildman–Crippen LogP) is 4.98. The summed E-state index contributed by atoms with van der Waals surface area (Å²) in [6.07, 6.45) is 13.7. The zero-order chi connectivity index (χ0) is 18.1. The van der Waals surface area contributed by atoms with Crippen LogP contribution in [0.25, 0.3) is 0 Å². The van der Waals surface area contributed by atoms with Crippen LogP contribution in [-0.2, 0) is 9.53 Å². The van der Waals surface area contributed by atoms with Crippen LogP contribution in [0.4, 0.5) is 0 Å². The van der Waals surface area contributed by atoms with Gasteiger partial charge in [0.15, 0.2) is 0 Å². The first-order valence-corrected chi connectivity index (χ1v) is 10.0.